The van der Waals surface area contributed by atoms with Crippen LogP contribution in [0.1, 0.15) is 12.3 Å². The Balaban J connectivity index is 1.47. The molecule has 4 rings (SSSR count). The minimum absolute atomic E-state index is 0.578. The Hall–Kier alpha value is -0.890. The smallest absolute Gasteiger partial charge is 0.257 e. The van der Waals surface area contributed by atoms with Crippen molar-refractivity contribution < 1.29 is 9.15 Å². The molecule has 2 aliphatic heterocycles. The molecule has 0 spiro atoms. The van der Waals surface area contributed by atoms with Crippen molar-refractivity contribution in [3.8, 4) is 10.8 Å². The molecule has 2 aromatic rings. The first-order chi connectivity index (χ1) is 10.4. The summed E-state index contributed by atoms with van der Waals surface area (Å²) in [5.74, 6) is 2.50. The summed E-state index contributed by atoms with van der Waals surface area (Å²) in [7, 11) is 0. The third-order valence-corrected chi connectivity index (χ3v) is 6.14. The van der Waals surface area contributed by atoms with E-state index in [9.17, 15) is 0 Å². The topological polar surface area (TPSA) is 51.4 Å². The van der Waals surface area contributed by atoms with Gasteiger partial charge in [-0.15, -0.1) is 21.5 Å². The summed E-state index contributed by atoms with van der Waals surface area (Å²) in [6.45, 7) is 3.57. The van der Waals surface area contributed by atoms with Crippen molar-refractivity contribution in [3.63, 3.8) is 0 Å². The van der Waals surface area contributed by atoms with Crippen molar-refractivity contribution in [2.24, 2.45) is 0 Å². The van der Waals surface area contributed by atoms with E-state index in [2.05, 4.69) is 15.1 Å². The zero-order chi connectivity index (χ0) is 14.1. The van der Waals surface area contributed by atoms with Crippen molar-refractivity contribution in [1.29, 1.82) is 0 Å². The second-order valence-corrected chi connectivity index (χ2v) is 7.58. The van der Waals surface area contributed by atoms with Gasteiger partial charge >= 0.3 is 0 Å². The van der Waals surface area contributed by atoms with E-state index < -0.39 is 0 Å². The van der Waals surface area contributed by atoms with Crippen LogP contribution < -0.4 is 0 Å². The van der Waals surface area contributed by atoms with E-state index in [-0.39, 0.29) is 0 Å². The molecule has 0 bridgehead atoms. The van der Waals surface area contributed by atoms with Crippen LogP contribution in [0, 0.1) is 0 Å². The van der Waals surface area contributed by atoms with E-state index in [1.165, 1.54) is 0 Å². The largest absolute Gasteiger partial charge is 0.419 e. The van der Waals surface area contributed by atoms with Gasteiger partial charge in [-0.3, -0.25) is 4.90 Å². The third-order valence-electron chi connectivity index (χ3n) is 3.99. The third kappa shape index (κ3) is 2.88. The fourth-order valence-corrected chi connectivity index (χ4v) is 4.96. The number of fused-ring (bicyclic) bond motifs is 1. The number of aromatic nitrogens is 2. The van der Waals surface area contributed by atoms with Gasteiger partial charge < -0.3 is 9.15 Å². The molecule has 2 aromatic heterocycles. The maximum atomic E-state index is 5.82. The number of ether oxygens (including phenoxy) is 1. The fourth-order valence-electron chi connectivity index (χ4n) is 2.95. The van der Waals surface area contributed by atoms with Crippen LogP contribution in [-0.2, 0) is 11.3 Å². The highest BCUT2D eigenvalue weighted by molar-refractivity contribution is 8.00. The lowest BCUT2D eigenvalue weighted by Crippen LogP contribution is -2.51. The molecule has 2 fully saturated rings. The Kier molecular flexibility index (Phi) is 3.98. The van der Waals surface area contributed by atoms with Gasteiger partial charge in [0.1, 0.15) is 0 Å². The molecule has 0 unspecified atom stereocenters. The number of nitrogens with zero attached hydrogens (tertiary/aromatic N) is 3. The van der Waals surface area contributed by atoms with E-state index in [1.807, 2.05) is 29.3 Å². The van der Waals surface area contributed by atoms with Crippen LogP contribution in [0.25, 0.3) is 10.8 Å². The molecule has 112 valence electrons. The van der Waals surface area contributed by atoms with Crippen LogP contribution >= 0.6 is 23.1 Å². The number of thiophene rings is 1. The Morgan fingerprint density at radius 3 is 3.29 bits per heavy atom. The summed E-state index contributed by atoms with van der Waals surface area (Å²) < 4.78 is 11.4. The van der Waals surface area contributed by atoms with E-state index in [0.29, 0.717) is 17.2 Å². The van der Waals surface area contributed by atoms with Crippen LogP contribution in [0.15, 0.2) is 21.9 Å². The van der Waals surface area contributed by atoms with Crippen LogP contribution in [-0.4, -0.2) is 51.9 Å². The van der Waals surface area contributed by atoms with Crippen LogP contribution in [0.3, 0.4) is 0 Å². The van der Waals surface area contributed by atoms with E-state index >= 15 is 0 Å². The van der Waals surface area contributed by atoms with Gasteiger partial charge in [0, 0.05) is 30.2 Å². The van der Waals surface area contributed by atoms with Gasteiger partial charge in [-0.25, -0.2) is 0 Å². The second kappa shape index (κ2) is 6.08. The van der Waals surface area contributed by atoms with Crippen molar-refractivity contribution >= 4 is 23.1 Å². The average Bonchev–Trinajstić information content (AvgIpc) is 3.18. The van der Waals surface area contributed by atoms with Gasteiger partial charge in [0.05, 0.1) is 18.0 Å². The van der Waals surface area contributed by atoms with E-state index in [0.717, 1.165) is 49.2 Å². The molecule has 0 radical (unpaired) electrons. The van der Waals surface area contributed by atoms with Gasteiger partial charge in [0.15, 0.2) is 0 Å². The quantitative estimate of drug-likeness (QED) is 0.865. The lowest BCUT2D eigenvalue weighted by Gasteiger charge is -2.42. The molecule has 0 saturated carbocycles. The molecule has 0 aromatic carbocycles. The minimum Gasteiger partial charge on any atom is -0.419 e. The Morgan fingerprint density at radius 1 is 1.38 bits per heavy atom. The SMILES string of the molecule is c1csc(-c2nnc(CN3CCS[C@@H]4COCC[C@@H]43)o2)c1. The Bertz CT molecular complexity index is 585. The monoisotopic (exact) mass is 323 g/mol. The maximum absolute atomic E-state index is 5.82. The summed E-state index contributed by atoms with van der Waals surface area (Å²) in [5.41, 5.74) is 0. The first-order valence-electron chi connectivity index (χ1n) is 7.20. The molecule has 0 amide bonds. The molecule has 0 N–H and O–H groups in total. The highest BCUT2D eigenvalue weighted by Crippen LogP contribution is 2.31. The van der Waals surface area contributed by atoms with Crippen LogP contribution in [0.4, 0.5) is 0 Å². The molecule has 4 heterocycles. The zero-order valence-electron chi connectivity index (χ0n) is 11.6. The lowest BCUT2D eigenvalue weighted by molar-refractivity contribution is 0.0322. The van der Waals surface area contributed by atoms with Gasteiger partial charge in [0.25, 0.3) is 5.89 Å². The molecular weight excluding hydrogens is 306 g/mol. The molecule has 0 aliphatic carbocycles. The van der Waals surface area contributed by atoms with Crippen molar-refractivity contribution in [1.82, 2.24) is 15.1 Å². The van der Waals surface area contributed by atoms with Crippen LogP contribution in [0.2, 0.25) is 0 Å². The molecule has 21 heavy (non-hydrogen) atoms. The second-order valence-electron chi connectivity index (χ2n) is 5.29. The average molecular weight is 323 g/mol. The zero-order valence-corrected chi connectivity index (χ0v) is 13.2. The van der Waals surface area contributed by atoms with E-state index in [4.69, 9.17) is 9.15 Å². The summed E-state index contributed by atoms with van der Waals surface area (Å²) in [6, 6.07) is 4.58. The first kappa shape index (κ1) is 13.8. The number of rotatable bonds is 3. The van der Waals surface area contributed by atoms with Gasteiger partial charge in [-0.1, -0.05) is 6.07 Å². The predicted molar refractivity (Wildman–Crippen MR) is 83.5 cm³/mol. The molecule has 2 saturated heterocycles. The number of hydrogen-bond donors (Lipinski definition) is 0. The molecule has 7 heteroatoms. The lowest BCUT2D eigenvalue weighted by atomic mass is 10.1. The van der Waals surface area contributed by atoms with Gasteiger partial charge in [-0.05, 0) is 17.9 Å². The Morgan fingerprint density at radius 2 is 2.38 bits per heavy atom. The summed E-state index contributed by atoms with van der Waals surface area (Å²) in [5, 5.41) is 11.0. The standard InChI is InChI=1S/C14H17N3O2S2/c1-2-11(20-6-1)14-16-15-13(19-14)8-17-4-7-21-12-9-18-5-3-10(12)17/h1-2,6,10,12H,3-5,7-9H2/t10-,12+/m0/s1. The normalized spacial score (nSPS) is 26.7. The Labute approximate surface area is 131 Å². The summed E-state index contributed by atoms with van der Waals surface area (Å²) in [6.07, 6.45) is 1.10. The van der Waals surface area contributed by atoms with Gasteiger partial charge in [0.2, 0.25) is 5.89 Å². The summed E-state index contributed by atoms with van der Waals surface area (Å²) in [4.78, 5) is 3.52. The molecule has 2 aliphatic rings. The van der Waals surface area contributed by atoms with E-state index in [1.54, 1.807) is 11.3 Å². The van der Waals surface area contributed by atoms with Crippen molar-refractivity contribution in [3.05, 3.63) is 23.4 Å². The fraction of sp³-hybridized carbons (Fsp3) is 0.571. The molecule has 2 atom stereocenters. The minimum atomic E-state index is 0.578. The number of hydrogen-bond acceptors (Lipinski definition) is 7. The number of thioether (sulfide) groups is 1. The highest BCUT2D eigenvalue weighted by Gasteiger charge is 2.35. The predicted octanol–water partition coefficient (Wildman–Crippen LogP) is 2.50. The maximum Gasteiger partial charge on any atom is 0.257 e. The first-order valence-corrected chi connectivity index (χ1v) is 9.12. The van der Waals surface area contributed by atoms with Crippen LogP contribution in [0.5, 0.6) is 0 Å². The molecule has 5 nitrogen and oxygen atoms in total. The summed E-state index contributed by atoms with van der Waals surface area (Å²) >= 11 is 3.66. The molecular formula is C14H17N3O2S2. The van der Waals surface area contributed by atoms with Crippen molar-refractivity contribution in [2.45, 2.75) is 24.3 Å². The van der Waals surface area contributed by atoms with Gasteiger partial charge in [-0.2, -0.15) is 11.8 Å². The highest BCUT2D eigenvalue weighted by atomic mass is 32.2. The van der Waals surface area contributed by atoms with Crippen molar-refractivity contribution in [2.75, 3.05) is 25.5 Å².